The van der Waals surface area contributed by atoms with Gasteiger partial charge in [-0.25, -0.2) is 0 Å². The fourth-order valence-electron chi connectivity index (χ4n) is 2.01. The zero-order valence-electron chi connectivity index (χ0n) is 13.8. The van der Waals surface area contributed by atoms with Crippen molar-refractivity contribution in [3.63, 3.8) is 0 Å². The monoisotopic (exact) mass is 396 g/mol. The molecule has 2 amide bonds. The second-order valence-corrected chi connectivity index (χ2v) is 6.15. The zero-order valence-corrected chi connectivity index (χ0v) is 15.3. The molecule has 0 atom stereocenters. The van der Waals surface area contributed by atoms with Crippen molar-refractivity contribution < 1.29 is 19.1 Å². The standard InChI is InChI=1S/C18H18Cl2N2O4/c19-13-5-6-16(15(20)10-13)25-8-2-7-22-17(23)11-26-14-4-1-3-12(9-14)18(21)24/h1,3-6,9-10H,2,7-8,11H2,(H2,21,24)(H,22,23). The van der Waals surface area contributed by atoms with E-state index >= 15 is 0 Å². The van der Waals surface area contributed by atoms with E-state index in [4.69, 9.17) is 38.4 Å². The first-order valence-corrected chi connectivity index (χ1v) is 8.58. The van der Waals surface area contributed by atoms with Crippen LogP contribution in [0.2, 0.25) is 10.0 Å². The van der Waals surface area contributed by atoms with Gasteiger partial charge in [-0.15, -0.1) is 0 Å². The molecule has 0 saturated heterocycles. The molecule has 0 unspecified atom stereocenters. The number of carbonyl (C=O) groups is 2. The third kappa shape index (κ3) is 6.46. The molecule has 6 nitrogen and oxygen atoms in total. The molecule has 0 fully saturated rings. The lowest BCUT2D eigenvalue weighted by Crippen LogP contribution is -2.30. The van der Waals surface area contributed by atoms with Gasteiger partial charge in [0.1, 0.15) is 11.5 Å². The molecule has 0 aromatic heterocycles. The molecular formula is C18H18Cl2N2O4. The van der Waals surface area contributed by atoms with Crippen LogP contribution in [0, 0.1) is 0 Å². The highest BCUT2D eigenvalue weighted by Gasteiger charge is 2.06. The average molecular weight is 397 g/mol. The summed E-state index contributed by atoms with van der Waals surface area (Å²) in [5, 5.41) is 3.69. The van der Waals surface area contributed by atoms with E-state index in [1.807, 2.05) is 0 Å². The third-order valence-corrected chi connectivity index (χ3v) is 3.81. The van der Waals surface area contributed by atoms with Gasteiger partial charge in [0.25, 0.3) is 5.91 Å². The normalized spacial score (nSPS) is 10.2. The third-order valence-electron chi connectivity index (χ3n) is 3.28. The van der Waals surface area contributed by atoms with Gasteiger partial charge in [-0.3, -0.25) is 9.59 Å². The van der Waals surface area contributed by atoms with Crippen LogP contribution < -0.4 is 20.5 Å². The van der Waals surface area contributed by atoms with Gasteiger partial charge in [-0.2, -0.15) is 0 Å². The lowest BCUT2D eigenvalue weighted by Gasteiger charge is -2.10. The fourth-order valence-corrected chi connectivity index (χ4v) is 2.48. The Morgan fingerprint density at radius 3 is 2.62 bits per heavy atom. The fraction of sp³-hybridized carbons (Fsp3) is 0.222. The lowest BCUT2D eigenvalue weighted by molar-refractivity contribution is -0.123. The molecule has 8 heteroatoms. The second kappa shape index (κ2) is 9.89. The first-order chi connectivity index (χ1) is 12.5. The minimum Gasteiger partial charge on any atom is -0.492 e. The molecule has 0 aliphatic carbocycles. The maximum absolute atomic E-state index is 11.8. The van der Waals surface area contributed by atoms with Crippen molar-refractivity contribution in [2.24, 2.45) is 5.73 Å². The molecule has 2 rings (SSSR count). The maximum atomic E-state index is 11.8. The average Bonchev–Trinajstić information content (AvgIpc) is 2.61. The van der Waals surface area contributed by atoms with Gasteiger partial charge >= 0.3 is 0 Å². The molecule has 3 N–H and O–H groups in total. The number of ether oxygens (including phenoxy) is 2. The van der Waals surface area contributed by atoms with Gasteiger partial charge in [0.2, 0.25) is 5.91 Å². The summed E-state index contributed by atoms with van der Waals surface area (Å²) in [5.41, 5.74) is 5.51. The Labute approximate surface area is 161 Å². The van der Waals surface area contributed by atoms with Gasteiger partial charge in [0.15, 0.2) is 6.61 Å². The van der Waals surface area contributed by atoms with Crippen molar-refractivity contribution in [1.82, 2.24) is 5.32 Å². The largest absolute Gasteiger partial charge is 0.492 e. The Morgan fingerprint density at radius 1 is 1.08 bits per heavy atom. The van der Waals surface area contributed by atoms with Crippen LogP contribution in [-0.4, -0.2) is 31.6 Å². The van der Waals surface area contributed by atoms with Crippen molar-refractivity contribution in [3.05, 3.63) is 58.1 Å². The van der Waals surface area contributed by atoms with Gasteiger partial charge in [0.05, 0.1) is 11.6 Å². The van der Waals surface area contributed by atoms with Crippen LogP contribution >= 0.6 is 23.2 Å². The van der Waals surface area contributed by atoms with E-state index in [2.05, 4.69) is 5.32 Å². The number of rotatable bonds is 9. The highest BCUT2D eigenvalue weighted by Crippen LogP contribution is 2.27. The molecule has 0 spiro atoms. The Kier molecular flexibility index (Phi) is 7.56. The summed E-state index contributed by atoms with van der Waals surface area (Å²) in [4.78, 5) is 22.9. The molecule has 26 heavy (non-hydrogen) atoms. The van der Waals surface area contributed by atoms with Crippen LogP contribution in [-0.2, 0) is 4.79 Å². The molecule has 0 aliphatic rings. The summed E-state index contributed by atoms with van der Waals surface area (Å²) in [6.45, 7) is 0.657. The Bertz CT molecular complexity index is 784. The predicted molar refractivity (Wildman–Crippen MR) is 100 cm³/mol. The van der Waals surface area contributed by atoms with E-state index in [-0.39, 0.29) is 12.5 Å². The molecule has 0 aliphatic heterocycles. The summed E-state index contributed by atoms with van der Waals surface area (Å²) < 4.78 is 10.9. The number of hydrogen-bond acceptors (Lipinski definition) is 4. The van der Waals surface area contributed by atoms with Crippen molar-refractivity contribution >= 4 is 35.0 Å². The maximum Gasteiger partial charge on any atom is 0.257 e. The van der Waals surface area contributed by atoms with E-state index < -0.39 is 5.91 Å². The quantitative estimate of drug-likeness (QED) is 0.637. The number of amides is 2. The van der Waals surface area contributed by atoms with E-state index in [9.17, 15) is 9.59 Å². The molecule has 2 aromatic carbocycles. The summed E-state index contributed by atoms with van der Waals surface area (Å²) in [6, 6.07) is 11.3. The number of benzene rings is 2. The predicted octanol–water partition coefficient (Wildman–Crippen LogP) is 3.06. The van der Waals surface area contributed by atoms with Gasteiger partial charge in [0, 0.05) is 17.1 Å². The number of carbonyl (C=O) groups excluding carboxylic acids is 2. The van der Waals surface area contributed by atoms with Crippen molar-refractivity contribution in [3.8, 4) is 11.5 Å². The molecule has 0 radical (unpaired) electrons. The first-order valence-electron chi connectivity index (χ1n) is 7.83. The zero-order chi connectivity index (χ0) is 18.9. The van der Waals surface area contributed by atoms with Crippen molar-refractivity contribution in [2.45, 2.75) is 6.42 Å². The minimum atomic E-state index is -0.555. The number of halogens is 2. The van der Waals surface area contributed by atoms with Gasteiger partial charge in [-0.05, 0) is 42.8 Å². The summed E-state index contributed by atoms with van der Waals surface area (Å²) in [7, 11) is 0. The van der Waals surface area contributed by atoms with Gasteiger partial charge < -0.3 is 20.5 Å². The number of hydrogen-bond donors (Lipinski definition) is 2. The second-order valence-electron chi connectivity index (χ2n) is 5.31. The molecule has 0 heterocycles. The molecule has 0 saturated carbocycles. The topological polar surface area (TPSA) is 90.7 Å². The SMILES string of the molecule is NC(=O)c1cccc(OCC(=O)NCCCOc2ccc(Cl)cc2Cl)c1. The van der Waals surface area contributed by atoms with Gasteiger partial charge in [-0.1, -0.05) is 29.3 Å². The van der Waals surface area contributed by atoms with Crippen LogP contribution in [0.1, 0.15) is 16.8 Å². The lowest BCUT2D eigenvalue weighted by atomic mass is 10.2. The first kappa shape index (κ1) is 19.9. The van der Waals surface area contributed by atoms with E-state index in [1.54, 1.807) is 36.4 Å². The highest BCUT2D eigenvalue weighted by atomic mass is 35.5. The van der Waals surface area contributed by atoms with E-state index in [0.717, 1.165) is 0 Å². The van der Waals surface area contributed by atoms with Crippen LogP contribution in [0.3, 0.4) is 0 Å². The van der Waals surface area contributed by atoms with Crippen LogP contribution in [0.4, 0.5) is 0 Å². The smallest absolute Gasteiger partial charge is 0.257 e. The van der Waals surface area contributed by atoms with E-state index in [0.29, 0.717) is 46.7 Å². The molecular weight excluding hydrogens is 379 g/mol. The van der Waals surface area contributed by atoms with E-state index in [1.165, 1.54) is 6.07 Å². The summed E-state index contributed by atoms with van der Waals surface area (Å²) in [5.74, 6) is 0.108. The summed E-state index contributed by atoms with van der Waals surface area (Å²) >= 11 is 11.8. The van der Waals surface area contributed by atoms with Crippen molar-refractivity contribution in [2.75, 3.05) is 19.8 Å². The van der Waals surface area contributed by atoms with Crippen LogP contribution in [0.15, 0.2) is 42.5 Å². The number of nitrogens with one attached hydrogen (secondary N) is 1. The highest BCUT2D eigenvalue weighted by molar-refractivity contribution is 6.35. The Balaban J connectivity index is 1.64. The minimum absolute atomic E-state index is 0.161. The molecule has 0 bridgehead atoms. The van der Waals surface area contributed by atoms with Crippen molar-refractivity contribution in [1.29, 1.82) is 0 Å². The Hall–Kier alpha value is -2.44. The number of nitrogens with two attached hydrogens (primary N) is 1. The Morgan fingerprint density at radius 2 is 1.88 bits per heavy atom. The van der Waals surface area contributed by atoms with Crippen LogP contribution in [0.5, 0.6) is 11.5 Å². The summed E-state index contributed by atoms with van der Waals surface area (Å²) in [6.07, 6.45) is 0.599. The molecule has 138 valence electrons. The van der Waals surface area contributed by atoms with Crippen LogP contribution in [0.25, 0.3) is 0 Å². The molecule has 2 aromatic rings. The number of primary amides is 1.